The van der Waals surface area contributed by atoms with Crippen LogP contribution in [0.5, 0.6) is 0 Å². The Hall–Kier alpha value is -2.86. The first kappa shape index (κ1) is 19.9. The Morgan fingerprint density at radius 1 is 1.04 bits per heavy atom. The number of nitrogens with zero attached hydrogens (tertiary/aromatic N) is 1. The molecule has 0 aliphatic heterocycles. The second kappa shape index (κ2) is 8.89. The summed E-state index contributed by atoms with van der Waals surface area (Å²) < 4.78 is 5.73. The third kappa shape index (κ3) is 5.10. The molecule has 0 aliphatic carbocycles. The molecule has 28 heavy (non-hydrogen) atoms. The van der Waals surface area contributed by atoms with Crippen LogP contribution in [0.25, 0.3) is 0 Å². The van der Waals surface area contributed by atoms with E-state index >= 15 is 0 Å². The molecule has 0 aliphatic rings. The van der Waals surface area contributed by atoms with Gasteiger partial charge < -0.3 is 14.6 Å². The Balaban J connectivity index is 1.56. The molecule has 3 rings (SSSR count). The zero-order valence-corrected chi connectivity index (χ0v) is 17.3. The van der Waals surface area contributed by atoms with Gasteiger partial charge >= 0.3 is 0 Å². The molecule has 0 radical (unpaired) electrons. The van der Waals surface area contributed by atoms with Crippen molar-refractivity contribution in [2.75, 3.05) is 12.4 Å². The standard InChI is InChI=1S/C22H21BrN2O3/c1-15-5-3-4-6-17(15)14-25(2)21(26)13-16-7-9-18(10-8-16)24-22(27)19-11-12-20(23)28-19/h3-12H,13-14H2,1-2H3,(H,24,27). The maximum absolute atomic E-state index is 12.5. The molecule has 3 aromatic rings. The maximum atomic E-state index is 12.5. The van der Waals surface area contributed by atoms with E-state index in [4.69, 9.17) is 4.42 Å². The van der Waals surface area contributed by atoms with Gasteiger partial charge in [0.2, 0.25) is 5.91 Å². The molecule has 0 unspecified atom stereocenters. The number of carbonyl (C=O) groups is 2. The quantitative estimate of drug-likeness (QED) is 0.598. The van der Waals surface area contributed by atoms with Crippen LogP contribution in [0.15, 0.2) is 69.8 Å². The predicted molar refractivity (Wildman–Crippen MR) is 112 cm³/mol. The minimum absolute atomic E-state index is 0.0421. The summed E-state index contributed by atoms with van der Waals surface area (Å²) in [4.78, 5) is 26.3. The number of anilines is 1. The summed E-state index contributed by atoms with van der Waals surface area (Å²) in [7, 11) is 1.81. The van der Waals surface area contributed by atoms with Crippen molar-refractivity contribution in [3.63, 3.8) is 0 Å². The highest BCUT2D eigenvalue weighted by atomic mass is 79.9. The molecule has 0 saturated carbocycles. The van der Waals surface area contributed by atoms with E-state index in [9.17, 15) is 9.59 Å². The van der Waals surface area contributed by atoms with E-state index < -0.39 is 0 Å². The van der Waals surface area contributed by atoms with Crippen LogP contribution in [0, 0.1) is 6.92 Å². The van der Waals surface area contributed by atoms with E-state index in [1.807, 2.05) is 50.4 Å². The van der Waals surface area contributed by atoms with Gasteiger partial charge in [-0.05, 0) is 63.8 Å². The highest BCUT2D eigenvalue weighted by Gasteiger charge is 2.13. The normalized spacial score (nSPS) is 10.5. The van der Waals surface area contributed by atoms with Crippen molar-refractivity contribution in [2.45, 2.75) is 19.9 Å². The minimum atomic E-state index is -0.326. The second-order valence-corrected chi connectivity index (χ2v) is 7.39. The van der Waals surface area contributed by atoms with Crippen molar-refractivity contribution in [2.24, 2.45) is 0 Å². The average Bonchev–Trinajstić information content (AvgIpc) is 3.11. The van der Waals surface area contributed by atoms with Crippen LogP contribution in [-0.2, 0) is 17.8 Å². The number of amides is 2. The van der Waals surface area contributed by atoms with Gasteiger partial charge in [0.05, 0.1) is 6.42 Å². The first-order valence-electron chi connectivity index (χ1n) is 8.86. The smallest absolute Gasteiger partial charge is 0.291 e. The number of rotatable bonds is 6. The van der Waals surface area contributed by atoms with E-state index in [0.717, 1.165) is 11.1 Å². The van der Waals surface area contributed by atoms with Crippen LogP contribution in [0.3, 0.4) is 0 Å². The zero-order valence-electron chi connectivity index (χ0n) is 15.7. The summed E-state index contributed by atoms with van der Waals surface area (Å²) in [6, 6.07) is 18.5. The van der Waals surface area contributed by atoms with E-state index in [1.54, 1.807) is 29.2 Å². The van der Waals surface area contributed by atoms with E-state index in [-0.39, 0.29) is 17.6 Å². The lowest BCUT2D eigenvalue weighted by Crippen LogP contribution is -2.28. The molecule has 1 aromatic heterocycles. The van der Waals surface area contributed by atoms with Crippen molar-refractivity contribution in [3.8, 4) is 0 Å². The molecule has 0 saturated heterocycles. The molecule has 2 aromatic carbocycles. The highest BCUT2D eigenvalue weighted by Crippen LogP contribution is 2.17. The van der Waals surface area contributed by atoms with Gasteiger partial charge in [-0.2, -0.15) is 0 Å². The predicted octanol–water partition coefficient (Wildman–Crippen LogP) is 4.80. The van der Waals surface area contributed by atoms with E-state index in [1.165, 1.54) is 5.56 Å². The first-order chi connectivity index (χ1) is 13.4. The van der Waals surface area contributed by atoms with Gasteiger partial charge in [-0.1, -0.05) is 36.4 Å². The average molecular weight is 441 g/mol. The topological polar surface area (TPSA) is 62.6 Å². The van der Waals surface area contributed by atoms with Gasteiger partial charge in [0, 0.05) is 19.3 Å². The number of hydrogen-bond acceptors (Lipinski definition) is 3. The van der Waals surface area contributed by atoms with Gasteiger partial charge in [0.15, 0.2) is 10.4 Å². The lowest BCUT2D eigenvalue weighted by Gasteiger charge is -2.18. The summed E-state index contributed by atoms with van der Waals surface area (Å²) in [5, 5.41) is 2.76. The Bertz CT molecular complexity index is 979. The summed E-state index contributed by atoms with van der Waals surface area (Å²) in [6.45, 7) is 2.63. The molecule has 0 bridgehead atoms. The number of halogens is 1. The molecule has 5 nitrogen and oxygen atoms in total. The Morgan fingerprint density at radius 3 is 2.39 bits per heavy atom. The number of likely N-dealkylation sites (N-methyl/N-ethyl adjacent to an activating group) is 1. The number of nitrogens with one attached hydrogen (secondary N) is 1. The molecular formula is C22H21BrN2O3. The van der Waals surface area contributed by atoms with Gasteiger partial charge in [0.1, 0.15) is 0 Å². The van der Waals surface area contributed by atoms with Crippen molar-refractivity contribution in [1.82, 2.24) is 4.90 Å². The van der Waals surface area contributed by atoms with Crippen LogP contribution >= 0.6 is 15.9 Å². The van der Waals surface area contributed by atoms with Crippen LogP contribution in [0.2, 0.25) is 0 Å². The van der Waals surface area contributed by atoms with Gasteiger partial charge in [-0.15, -0.1) is 0 Å². The lowest BCUT2D eigenvalue weighted by atomic mass is 10.1. The number of aryl methyl sites for hydroxylation is 1. The summed E-state index contributed by atoms with van der Waals surface area (Å²) in [5.41, 5.74) is 3.84. The molecule has 144 valence electrons. The fraction of sp³-hybridized carbons (Fsp3) is 0.182. The molecule has 0 atom stereocenters. The first-order valence-corrected chi connectivity index (χ1v) is 9.66. The zero-order chi connectivity index (χ0) is 20.1. The third-order valence-corrected chi connectivity index (χ3v) is 4.88. The number of carbonyl (C=O) groups excluding carboxylic acids is 2. The molecule has 0 spiro atoms. The van der Waals surface area contributed by atoms with Crippen molar-refractivity contribution < 1.29 is 14.0 Å². The monoisotopic (exact) mass is 440 g/mol. The Morgan fingerprint density at radius 2 is 1.75 bits per heavy atom. The molecule has 0 fully saturated rings. The fourth-order valence-corrected chi connectivity index (χ4v) is 3.08. The molecule has 2 amide bonds. The Labute approximate surface area is 172 Å². The van der Waals surface area contributed by atoms with Crippen LogP contribution in [-0.4, -0.2) is 23.8 Å². The number of benzene rings is 2. The van der Waals surface area contributed by atoms with Crippen LogP contribution < -0.4 is 5.32 Å². The summed E-state index contributed by atoms with van der Waals surface area (Å²) >= 11 is 3.17. The summed E-state index contributed by atoms with van der Waals surface area (Å²) in [5.74, 6) is -0.0584. The number of hydrogen-bond donors (Lipinski definition) is 1. The number of furan rings is 1. The largest absolute Gasteiger partial charge is 0.444 e. The van der Waals surface area contributed by atoms with E-state index in [0.29, 0.717) is 23.3 Å². The molecular weight excluding hydrogens is 420 g/mol. The molecule has 6 heteroatoms. The Kier molecular flexibility index (Phi) is 6.31. The van der Waals surface area contributed by atoms with Gasteiger partial charge in [0.25, 0.3) is 5.91 Å². The van der Waals surface area contributed by atoms with Crippen molar-refractivity contribution in [3.05, 3.63) is 87.8 Å². The third-order valence-electron chi connectivity index (χ3n) is 4.46. The SMILES string of the molecule is Cc1ccccc1CN(C)C(=O)Cc1ccc(NC(=O)c2ccc(Br)o2)cc1. The lowest BCUT2D eigenvalue weighted by molar-refractivity contribution is -0.129. The molecule has 1 N–H and O–H groups in total. The second-order valence-electron chi connectivity index (χ2n) is 6.61. The van der Waals surface area contributed by atoms with Crippen molar-refractivity contribution in [1.29, 1.82) is 0 Å². The van der Waals surface area contributed by atoms with Gasteiger partial charge in [-0.25, -0.2) is 0 Å². The minimum Gasteiger partial charge on any atom is -0.444 e. The van der Waals surface area contributed by atoms with Crippen LogP contribution in [0.4, 0.5) is 5.69 Å². The van der Waals surface area contributed by atoms with E-state index in [2.05, 4.69) is 21.2 Å². The molecule has 1 heterocycles. The van der Waals surface area contributed by atoms with Crippen LogP contribution in [0.1, 0.15) is 27.2 Å². The maximum Gasteiger partial charge on any atom is 0.291 e. The van der Waals surface area contributed by atoms with Crippen molar-refractivity contribution >= 4 is 33.4 Å². The highest BCUT2D eigenvalue weighted by molar-refractivity contribution is 9.10. The van der Waals surface area contributed by atoms with Gasteiger partial charge in [-0.3, -0.25) is 9.59 Å². The summed E-state index contributed by atoms with van der Waals surface area (Å²) in [6.07, 6.45) is 0.307. The fourth-order valence-electron chi connectivity index (χ4n) is 2.78.